The minimum absolute atomic E-state index is 0.109. The maximum Gasteiger partial charge on any atom is 0.273 e. The number of rotatable bonds is 4. The number of carbonyl (C=O) groups excluding carboxylic acids is 1. The van der Waals surface area contributed by atoms with Crippen molar-refractivity contribution in [2.45, 2.75) is 44.6 Å². The Balaban J connectivity index is 1.41. The summed E-state index contributed by atoms with van der Waals surface area (Å²) in [5, 5.41) is 14.8. The number of aromatic nitrogens is 3. The van der Waals surface area contributed by atoms with Gasteiger partial charge in [0.25, 0.3) is 5.91 Å². The standard InChI is InChI=1S/C19H25N5O/c1-13-18(22-23-24(13)16-8-10-20-11-9-16)19(25)21-12-15-7-6-14-4-2-3-5-17(14)15/h2-5,15-16,20H,6-12H2,1H3,(H,21,25)/t15-/m0/s1. The van der Waals surface area contributed by atoms with E-state index in [-0.39, 0.29) is 5.91 Å². The number of amides is 1. The Morgan fingerprint density at radius 2 is 2.08 bits per heavy atom. The number of carbonyl (C=O) groups is 1. The molecule has 0 radical (unpaired) electrons. The molecule has 2 heterocycles. The monoisotopic (exact) mass is 339 g/mol. The van der Waals surface area contributed by atoms with Crippen LogP contribution in [0.25, 0.3) is 0 Å². The molecule has 1 aliphatic carbocycles. The third-order valence-corrected chi connectivity index (χ3v) is 5.56. The van der Waals surface area contributed by atoms with Crippen molar-refractivity contribution in [1.29, 1.82) is 0 Å². The summed E-state index contributed by atoms with van der Waals surface area (Å²) < 4.78 is 1.93. The van der Waals surface area contributed by atoms with E-state index >= 15 is 0 Å². The summed E-state index contributed by atoms with van der Waals surface area (Å²) in [5.41, 5.74) is 4.12. The topological polar surface area (TPSA) is 71.8 Å². The minimum atomic E-state index is -0.109. The minimum Gasteiger partial charge on any atom is -0.350 e. The summed E-state index contributed by atoms with van der Waals surface area (Å²) in [7, 11) is 0. The van der Waals surface area contributed by atoms with Crippen LogP contribution in [0.3, 0.4) is 0 Å². The Bertz CT molecular complexity index is 763. The fraction of sp³-hybridized carbons (Fsp3) is 0.526. The van der Waals surface area contributed by atoms with Gasteiger partial charge in [-0.25, -0.2) is 4.68 Å². The van der Waals surface area contributed by atoms with Crippen molar-refractivity contribution in [1.82, 2.24) is 25.6 Å². The second kappa shape index (κ2) is 6.96. The maximum atomic E-state index is 12.6. The zero-order chi connectivity index (χ0) is 17.2. The predicted molar refractivity (Wildman–Crippen MR) is 95.7 cm³/mol. The van der Waals surface area contributed by atoms with Crippen LogP contribution in [0, 0.1) is 6.92 Å². The van der Waals surface area contributed by atoms with E-state index in [2.05, 4.69) is 45.2 Å². The van der Waals surface area contributed by atoms with Gasteiger partial charge in [-0.2, -0.15) is 0 Å². The smallest absolute Gasteiger partial charge is 0.273 e. The largest absolute Gasteiger partial charge is 0.350 e. The first kappa shape index (κ1) is 16.3. The van der Waals surface area contributed by atoms with Crippen LogP contribution in [-0.4, -0.2) is 40.5 Å². The van der Waals surface area contributed by atoms with E-state index < -0.39 is 0 Å². The van der Waals surface area contributed by atoms with Crippen molar-refractivity contribution >= 4 is 5.91 Å². The molecule has 0 unspecified atom stereocenters. The highest BCUT2D eigenvalue weighted by molar-refractivity contribution is 5.93. The fourth-order valence-electron chi connectivity index (χ4n) is 4.11. The van der Waals surface area contributed by atoms with Gasteiger partial charge in [-0.3, -0.25) is 4.79 Å². The van der Waals surface area contributed by atoms with Crippen molar-refractivity contribution in [3.05, 3.63) is 46.8 Å². The molecule has 0 spiro atoms. The van der Waals surface area contributed by atoms with Crippen LogP contribution in [0.2, 0.25) is 0 Å². The highest BCUT2D eigenvalue weighted by Gasteiger charge is 2.25. The van der Waals surface area contributed by atoms with Gasteiger partial charge in [0.2, 0.25) is 0 Å². The molecular weight excluding hydrogens is 314 g/mol. The maximum absolute atomic E-state index is 12.6. The van der Waals surface area contributed by atoms with Crippen molar-refractivity contribution in [3.63, 3.8) is 0 Å². The first-order valence-corrected chi connectivity index (χ1v) is 9.22. The molecule has 1 saturated heterocycles. The first-order valence-electron chi connectivity index (χ1n) is 9.22. The van der Waals surface area contributed by atoms with Gasteiger partial charge >= 0.3 is 0 Å². The van der Waals surface area contributed by atoms with Crippen molar-refractivity contribution < 1.29 is 4.79 Å². The number of fused-ring (bicyclic) bond motifs is 1. The lowest BCUT2D eigenvalue weighted by Gasteiger charge is -2.23. The highest BCUT2D eigenvalue weighted by atomic mass is 16.2. The Morgan fingerprint density at radius 3 is 2.92 bits per heavy atom. The van der Waals surface area contributed by atoms with Crippen LogP contribution in [0.1, 0.15) is 58.5 Å². The average Bonchev–Trinajstić information content (AvgIpc) is 3.24. The van der Waals surface area contributed by atoms with E-state index in [4.69, 9.17) is 0 Å². The van der Waals surface area contributed by atoms with Gasteiger partial charge in [0, 0.05) is 12.5 Å². The van der Waals surface area contributed by atoms with Gasteiger partial charge in [-0.15, -0.1) is 5.10 Å². The summed E-state index contributed by atoms with van der Waals surface area (Å²) in [5.74, 6) is 0.294. The third-order valence-electron chi connectivity index (χ3n) is 5.56. The molecule has 0 bridgehead atoms. The second-order valence-electron chi connectivity index (χ2n) is 7.09. The molecule has 1 aromatic carbocycles. The fourth-order valence-corrected chi connectivity index (χ4v) is 4.11. The lowest BCUT2D eigenvalue weighted by molar-refractivity contribution is 0.0945. The number of nitrogens with one attached hydrogen (secondary N) is 2. The molecule has 2 aromatic rings. The molecule has 25 heavy (non-hydrogen) atoms. The molecule has 4 rings (SSSR count). The van der Waals surface area contributed by atoms with Gasteiger partial charge in [0.1, 0.15) is 0 Å². The van der Waals surface area contributed by atoms with E-state index in [1.165, 1.54) is 11.1 Å². The normalized spacial score (nSPS) is 20.4. The first-order chi connectivity index (χ1) is 12.2. The van der Waals surface area contributed by atoms with Crippen LogP contribution in [0.5, 0.6) is 0 Å². The second-order valence-corrected chi connectivity index (χ2v) is 7.09. The van der Waals surface area contributed by atoms with Crippen LogP contribution < -0.4 is 10.6 Å². The Morgan fingerprint density at radius 1 is 1.28 bits per heavy atom. The van der Waals surface area contributed by atoms with Gasteiger partial charge < -0.3 is 10.6 Å². The van der Waals surface area contributed by atoms with E-state index in [1.54, 1.807) is 0 Å². The molecule has 1 aromatic heterocycles. The number of piperidine rings is 1. The summed E-state index contributed by atoms with van der Waals surface area (Å²) in [6.45, 7) is 4.59. The quantitative estimate of drug-likeness (QED) is 0.893. The molecule has 6 heteroatoms. The Kier molecular flexibility index (Phi) is 4.53. The molecule has 1 atom stereocenters. The number of hydrogen-bond donors (Lipinski definition) is 2. The molecule has 0 saturated carbocycles. The van der Waals surface area contributed by atoms with Crippen molar-refractivity contribution in [2.75, 3.05) is 19.6 Å². The molecule has 2 N–H and O–H groups in total. The van der Waals surface area contributed by atoms with Crippen LogP contribution in [-0.2, 0) is 6.42 Å². The summed E-state index contributed by atoms with van der Waals surface area (Å²) in [4.78, 5) is 12.6. The highest BCUT2D eigenvalue weighted by Crippen LogP contribution is 2.32. The number of nitrogens with zero attached hydrogens (tertiary/aromatic N) is 3. The van der Waals surface area contributed by atoms with Crippen LogP contribution in [0.4, 0.5) is 0 Å². The summed E-state index contributed by atoms with van der Waals surface area (Å²) in [6, 6.07) is 8.87. The van der Waals surface area contributed by atoms with E-state index in [0.717, 1.165) is 44.5 Å². The molecular formula is C19H25N5O. The molecule has 2 aliphatic rings. The van der Waals surface area contributed by atoms with Gasteiger partial charge in [0.05, 0.1) is 11.7 Å². The molecule has 132 valence electrons. The molecule has 1 aliphatic heterocycles. The van der Waals surface area contributed by atoms with Crippen molar-refractivity contribution in [2.24, 2.45) is 0 Å². The summed E-state index contributed by atoms with van der Waals surface area (Å²) >= 11 is 0. The number of hydrogen-bond acceptors (Lipinski definition) is 4. The van der Waals surface area contributed by atoms with Crippen molar-refractivity contribution in [3.8, 4) is 0 Å². The third kappa shape index (κ3) is 3.18. The number of benzene rings is 1. The van der Waals surface area contributed by atoms with E-state index in [9.17, 15) is 4.79 Å². The SMILES string of the molecule is Cc1c(C(=O)NC[C@@H]2CCc3ccccc32)nnn1C1CCNCC1. The molecule has 6 nitrogen and oxygen atoms in total. The molecule has 1 fully saturated rings. The van der Waals surface area contributed by atoms with Crippen LogP contribution in [0.15, 0.2) is 24.3 Å². The summed E-state index contributed by atoms with van der Waals surface area (Å²) in [6.07, 6.45) is 4.26. The zero-order valence-corrected chi connectivity index (χ0v) is 14.7. The Labute approximate surface area is 148 Å². The predicted octanol–water partition coefficient (Wildman–Crippen LogP) is 1.97. The van der Waals surface area contributed by atoms with Gasteiger partial charge in [-0.1, -0.05) is 29.5 Å². The van der Waals surface area contributed by atoms with Gasteiger partial charge in [-0.05, 0) is 56.8 Å². The lowest BCUT2D eigenvalue weighted by atomic mass is 10.0. The van der Waals surface area contributed by atoms with Crippen LogP contribution >= 0.6 is 0 Å². The van der Waals surface area contributed by atoms with E-state index in [1.807, 2.05) is 11.6 Å². The molecule has 1 amide bonds. The van der Waals surface area contributed by atoms with E-state index in [0.29, 0.717) is 24.2 Å². The number of aryl methyl sites for hydroxylation is 1. The Hall–Kier alpha value is -2.21. The zero-order valence-electron chi connectivity index (χ0n) is 14.7. The average molecular weight is 339 g/mol. The van der Waals surface area contributed by atoms with Gasteiger partial charge in [0.15, 0.2) is 5.69 Å². The lowest BCUT2D eigenvalue weighted by Crippen LogP contribution is -2.31.